The second-order valence-corrected chi connectivity index (χ2v) is 6.31. The van der Waals surface area contributed by atoms with E-state index in [4.69, 9.17) is 16.3 Å². The van der Waals surface area contributed by atoms with Crippen molar-refractivity contribution in [1.82, 2.24) is 4.90 Å². The van der Waals surface area contributed by atoms with Crippen molar-refractivity contribution in [3.8, 4) is 0 Å². The van der Waals surface area contributed by atoms with Gasteiger partial charge in [-0.1, -0.05) is 41.4 Å². The number of rotatable bonds is 4. The molecule has 1 aliphatic rings. The number of ether oxygens (including phenoxy) is 1. The molecule has 1 aliphatic heterocycles. The highest BCUT2D eigenvalue weighted by atomic mass is 35.5. The number of amides is 2. The molecule has 6 heteroatoms. The quantitative estimate of drug-likeness (QED) is 0.621. The lowest BCUT2D eigenvalue weighted by atomic mass is 10.1. The summed E-state index contributed by atoms with van der Waals surface area (Å²) in [6.45, 7) is 3.29. The minimum absolute atomic E-state index is 0.0227. The van der Waals surface area contributed by atoms with Gasteiger partial charge >= 0.3 is 5.97 Å². The van der Waals surface area contributed by atoms with Crippen molar-refractivity contribution in [2.75, 3.05) is 0 Å². The number of hydrogen-bond donors (Lipinski definition) is 0. The molecule has 2 aromatic carbocycles. The van der Waals surface area contributed by atoms with Crippen LogP contribution in [0.25, 0.3) is 0 Å². The molecule has 0 N–H and O–H groups in total. The maximum absolute atomic E-state index is 12.5. The number of benzene rings is 2. The van der Waals surface area contributed by atoms with Gasteiger partial charge in [-0.3, -0.25) is 14.5 Å². The zero-order valence-electron chi connectivity index (χ0n) is 13.8. The lowest BCUT2D eigenvalue weighted by Crippen LogP contribution is -2.43. The fraction of sp³-hybridized carbons (Fsp3) is 0.211. The molecule has 2 amide bonds. The third kappa shape index (κ3) is 3.15. The van der Waals surface area contributed by atoms with Crippen LogP contribution >= 0.6 is 11.6 Å². The van der Waals surface area contributed by atoms with Gasteiger partial charge in [-0.2, -0.15) is 0 Å². The molecular weight excluding hydrogens is 342 g/mol. The summed E-state index contributed by atoms with van der Waals surface area (Å²) in [7, 11) is 0. The van der Waals surface area contributed by atoms with Crippen LogP contribution in [0.5, 0.6) is 0 Å². The standard InChI is InChI=1S/C19H16ClNO4/c1-11-7-8-14-15(9-11)18(23)21(17(14)22)12(2)19(24)25-10-13-5-3-4-6-16(13)20/h3-9,12H,10H2,1-2H3. The van der Waals surface area contributed by atoms with E-state index >= 15 is 0 Å². The van der Waals surface area contributed by atoms with Crippen LogP contribution in [0.1, 0.15) is 38.8 Å². The fourth-order valence-electron chi connectivity index (χ4n) is 2.72. The van der Waals surface area contributed by atoms with E-state index in [9.17, 15) is 14.4 Å². The number of aryl methyl sites for hydroxylation is 1. The number of carbonyl (C=O) groups is 3. The smallest absolute Gasteiger partial charge is 0.329 e. The van der Waals surface area contributed by atoms with E-state index in [1.807, 2.05) is 6.92 Å². The van der Waals surface area contributed by atoms with Crippen molar-refractivity contribution < 1.29 is 19.1 Å². The molecule has 0 fully saturated rings. The molecule has 25 heavy (non-hydrogen) atoms. The van der Waals surface area contributed by atoms with Crippen LogP contribution in [-0.2, 0) is 16.1 Å². The van der Waals surface area contributed by atoms with Gasteiger partial charge in [-0.25, -0.2) is 4.79 Å². The molecule has 0 aromatic heterocycles. The van der Waals surface area contributed by atoms with Gasteiger partial charge in [0.15, 0.2) is 0 Å². The number of nitrogens with zero attached hydrogens (tertiary/aromatic N) is 1. The van der Waals surface area contributed by atoms with E-state index in [0.717, 1.165) is 10.5 Å². The van der Waals surface area contributed by atoms with Gasteiger partial charge in [-0.15, -0.1) is 0 Å². The second-order valence-electron chi connectivity index (χ2n) is 5.90. The van der Waals surface area contributed by atoms with Crippen LogP contribution in [0.3, 0.4) is 0 Å². The van der Waals surface area contributed by atoms with E-state index in [-0.39, 0.29) is 6.61 Å². The summed E-state index contributed by atoms with van der Waals surface area (Å²) in [5, 5.41) is 0.485. The van der Waals surface area contributed by atoms with Crippen LogP contribution in [0, 0.1) is 6.92 Å². The highest BCUT2D eigenvalue weighted by molar-refractivity contribution is 6.31. The number of fused-ring (bicyclic) bond motifs is 1. The third-order valence-corrected chi connectivity index (χ3v) is 4.50. The Morgan fingerprint density at radius 2 is 1.80 bits per heavy atom. The van der Waals surface area contributed by atoms with E-state index in [0.29, 0.717) is 21.7 Å². The number of halogens is 1. The Bertz CT molecular complexity index is 877. The monoisotopic (exact) mass is 357 g/mol. The summed E-state index contributed by atoms with van der Waals surface area (Å²) >= 11 is 6.03. The third-order valence-electron chi connectivity index (χ3n) is 4.13. The molecule has 0 radical (unpaired) electrons. The number of imide groups is 1. The molecule has 1 heterocycles. The first-order valence-corrected chi connectivity index (χ1v) is 8.16. The molecule has 1 unspecified atom stereocenters. The minimum Gasteiger partial charge on any atom is -0.459 e. The number of carbonyl (C=O) groups excluding carboxylic acids is 3. The molecule has 3 rings (SSSR count). The Labute approximate surface area is 150 Å². The molecule has 0 saturated carbocycles. The summed E-state index contributed by atoms with van der Waals surface area (Å²) in [5.74, 6) is -1.63. The van der Waals surface area contributed by atoms with Crippen molar-refractivity contribution in [2.24, 2.45) is 0 Å². The van der Waals surface area contributed by atoms with Crippen LogP contribution in [0.2, 0.25) is 5.02 Å². The van der Waals surface area contributed by atoms with Gasteiger partial charge in [0.1, 0.15) is 12.6 Å². The predicted molar refractivity (Wildman–Crippen MR) is 92.4 cm³/mol. The lowest BCUT2D eigenvalue weighted by Gasteiger charge is -2.21. The van der Waals surface area contributed by atoms with Crippen LogP contribution in [0.4, 0.5) is 0 Å². The van der Waals surface area contributed by atoms with Gasteiger partial charge in [0.05, 0.1) is 11.1 Å². The number of esters is 1. The fourth-order valence-corrected chi connectivity index (χ4v) is 2.91. The first-order chi connectivity index (χ1) is 11.9. The van der Waals surface area contributed by atoms with Crippen molar-refractivity contribution in [2.45, 2.75) is 26.5 Å². The van der Waals surface area contributed by atoms with Gasteiger partial charge in [0.25, 0.3) is 11.8 Å². The van der Waals surface area contributed by atoms with Gasteiger partial charge in [0.2, 0.25) is 0 Å². The molecule has 0 saturated heterocycles. The minimum atomic E-state index is -1.02. The second kappa shape index (κ2) is 6.69. The van der Waals surface area contributed by atoms with Crippen molar-refractivity contribution in [3.63, 3.8) is 0 Å². The van der Waals surface area contributed by atoms with Crippen LogP contribution in [0.15, 0.2) is 42.5 Å². The predicted octanol–water partition coefficient (Wildman–Crippen LogP) is 3.38. The highest BCUT2D eigenvalue weighted by Crippen LogP contribution is 2.26. The van der Waals surface area contributed by atoms with Gasteiger partial charge < -0.3 is 4.74 Å². The first-order valence-electron chi connectivity index (χ1n) is 7.78. The molecule has 5 nitrogen and oxygen atoms in total. The van der Waals surface area contributed by atoms with Gasteiger partial charge in [0, 0.05) is 10.6 Å². The Morgan fingerprint density at radius 3 is 2.52 bits per heavy atom. The van der Waals surface area contributed by atoms with E-state index in [1.54, 1.807) is 42.5 Å². The number of hydrogen-bond acceptors (Lipinski definition) is 4. The SMILES string of the molecule is Cc1ccc2c(c1)C(=O)N(C(C)C(=O)OCc1ccccc1Cl)C2=O. The molecular formula is C19H16ClNO4. The lowest BCUT2D eigenvalue weighted by molar-refractivity contribution is -0.149. The summed E-state index contributed by atoms with van der Waals surface area (Å²) in [5.41, 5.74) is 2.15. The molecule has 0 aliphatic carbocycles. The maximum Gasteiger partial charge on any atom is 0.329 e. The van der Waals surface area contributed by atoms with E-state index in [2.05, 4.69) is 0 Å². The Balaban J connectivity index is 1.74. The van der Waals surface area contributed by atoms with Crippen molar-refractivity contribution >= 4 is 29.4 Å². The topological polar surface area (TPSA) is 63.7 Å². The zero-order valence-corrected chi connectivity index (χ0v) is 14.5. The summed E-state index contributed by atoms with van der Waals surface area (Å²) in [6.07, 6.45) is 0. The first kappa shape index (κ1) is 17.2. The van der Waals surface area contributed by atoms with Crippen molar-refractivity contribution in [3.05, 3.63) is 69.7 Å². The summed E-state index contributed by atoms with van der Waals surface area (Å²) in [4.78, 5) is 38.2. The summed E-state index contributed by atoms with van der Waals surface area (Å²) < 4.78 is 5.23. The molecule has 0 spiro atoms. The van der Waals surface area contributed by atoms with E-state index < -0.39 is 23.8 Å². The largest absolute Gasteiger partial charge is 0.459 e. The average molecular weight is 358 g/mol. The molecule has 2 aromatic rings. The normalized spacial score (nSPS) is 14.4. The van der Waals surface area contributed by atoms with Crippen LogP contribution in [-0.4, -0.2) is 28.7 Å². The Kier molecular flexibility index (Phi) is 4.59. The van der Waals surface area contributed by atoms with Crippen molar-refractivity contribution in [1.29, 1.82) is 0 Å². The van der Waals surface area contributed by atoms with Crippen LogP contribution < -0.4 is 0 Å². The Morgan fingerprint density at radius 1 is 1.12 bits per heavy atom. The Hall–Kier alpha value is -2.66. The average Bonchev–Trinajstić information content (AvgIpc) is 2.83. The highest BCUT2D eigenvalue weighted by Gasteiger charge is 2.41. The maximum atomic E-state index is 12.5. The molecule has 0 bridgehead atoms. The summed E-state index contributed by atoms with van der Waals surface area (Å²) in [6, 6.07) is 11.0. The zero-order chi connectivity index (χ0) is 18.1. The molecule has 128 valence electrons. The molecule has 1 atom stereocenters. The van der Waals surface area contributed by atoms with Gasteiger partial charge in [-0.05, 0) is 32.0 Å². The van der Waals surface area contributed by atoms with E-state index in [1.165, 1.54) is 6.92 Å².